The maximum atomic E-state index is 14.0. The molecular formula is C15H10ClF2NO3. The van der Waals surface area contributed by atoms with E-state index in [1.165, 1.54) is 0 Å². The molecule has 1 aromatic carbocycles. The van der Waals surface area contributed by atoms with E-state index in [0.29, 0.717) is 35.0 Å². The van der Waals surface area contributed by atoms with Gasteiger partial charge < -0.3 is 0 Å². The molecule has 1 aliphatic heterocycles. The minimum absolute atomic E-state index is 0.374. The number of anilines is 1. The maximum absolute atomic E-state index is 14.0. The Morgan fingerprint density at radius 2 is 1.55 bits per heavy atom. The molecule has 0 fully saturated rings. The Hall–Kier alpha value is -2.08. The summed E-state index contributed by atoms with van der Waals surface area (Å²) in [6.45, 7) is 0. The molecule has 0 spiro atoms. The van der Waals surface area contributed by atoms with Gasteiger partial charge in [0.05, 0.1) is 11.3 Å². The number of benzene rings is 1. The molecule has 7 heteroatoms. The summed E-state index contributed by atoms with van der Waals surface area (Å²) in [5, 5.41) is -1.13. The van der Waals surface area contributed by atoms with Gasteiger partial charge in [-0.05, 0) is 43.4 Å². The molecule has 0 aromatic heterocycles. The monoisotopic (exact) mass is 325 g/mol. The third kappa shape index (κ3) is 2.14. The Labute approximate surface area is 129 Å². The van der Waals surface area contributed by atoms with Crippen molar-refractivity contribution in [3.8, 4) is 0 Å². The molecule has 114 valence electrons. The van der Waals surface area contributed by atoms with Gasteiger partial charge in [-0.15, -0.1) is 0 Å². The Kier molecular flexibility index (Phi) is 3.56. The van der Waals surface area contributed by atoms with Crippen molar-refractivity contribution < 1.29 is 23.2 Å². The molecule has 2 aliphatic rings. The van der Waals surface area contributed by atoms with Crippen LogP contribution in [-0.4, -0.2) is 17.1 Å². The summed E-state index contributed by atoms with van der Waals surface area (Å²) in [6.07, 6.45) is 2.48. The minimum Gasteiger partial charge on any atom is -0.275 e. The lowest BCUT2D eigenvalue weighted by atomic mass is 9.93. The fourth-order valence-electron chi connectivity index (χ4n) is 2.82. The van der Waals surface area contributed by atoms with Crippen LogP contribution in [0.5, 0.6) is 0 Å². The zero-order valence-electron chi connectivity index (χ0n) is 11.3. The molecule has 0 saturated heterocycles. The average molecular weight is 326 g/mol. The number of hydrogen-bond acceptors (Lipinski definition) is 3. The highest BCUT2D eigenvalue weighted by atomic mass is 35.5. The van der Waals surface area contributed by atoms with Crippen molar-refractivity contribution in [1.29, 1.82) is 0 Å². The molecule has 0 N–H and O–H groups in total. The first-order chi connectivity index (χ1) is 10.4. The maximum Gasteiger partial charge on any atom is 0.261 e. The lowest BCUT2D eigenvalue weighted by molar-refractivity contribution is -0.120. The molecule has 22 heavy (non-hydrogen) atoms. The van der Waals surface area contributed by atoms with Crippen LogP contribution >= 0.6 is 11.6 Å². The van der Waals surface area contributed by atoms with Crippen LogP contribution in [0.2, 0.25) is 0 Å². The van der Waals surface area contributed by atoms with Gasteiger partial charge in [-0.1, -0.05) is 0 Å². The molecule has 3 rings (SSSR count). The Morgan fingerprint density at radius 3 is 2.05 bits per heavy atom. The predicted octanol–water partition coefficient (Wildman–Crippen LogP) is 3.09. The van der Waals surface area contributed by atoms with Gasteiger partial charge in [-0.3, -0.25) is 14.4 Å². The third-order valence-electron chi connectivity index (χ3n) is 3.88. The van der Waals surface area contributed by atoms with Crippen molar-refractivity contribution in [1.82, 2.24) is 0 Å². The Balaban J connectivity index is 2.09. The summed E-state index contributed by atoms with van der Waals surface area (Å²) in [5.41, 5.74) is -0.282. The van der Waals surface area contributed by atoms with E-state index in [9.17, 15) is 23.2 Å². The number of carbonyl (C=O) groups excluding carboxylic acids is 3. The largest absolute Gasteiger partial charge is 0.275 e. The molecule has 0 radical (unpaired) electrons. The van der Waals surface area contributed by atoms with Crippen molar-refractivity contribution in [2.75, 3.05) is 4.90 Å². The van der Waals surface area contributed by atoms with E-state index in [1.54, 1.807) is 0 Å². The van der Waals surface area contributed by atoms with Crippen molar-refractivity contribution in [2.24, 2.45) is 0 Å². The summed E-state index contributed by atoms with van der Waals surface area (Å²) in [7, 11) is 0. The second-order valence-electron chi connectivity index (χ2n) is 5.17. The number of halogens is 3. The zero-order valence-corrected chi connectivity index (χ0v) is 12.0. The number of rotatable bonds is 2. The summed E-state index contributed by atoms with van der Waals surface area (Å²) < 4.78 is 27.5. The fraction of sp³-hybridized carbons (Fsp3) is 0.267. The van der Waals surface area contributed by atoms with Crippen molar-refractivity contribution in [3.05, 3.63) is 40.5 Å². The van der Waals surface area contributed by atoms with Crippen LogP contribution in [0.15, 0.2) is 23.3 Å². The molecule has 4 nitrogen and oxygen atoms in total. The first-order valence-corrected chi connectivity index (χ1v) is 7.09. The van der Waals surface area contributed by atoms with Crippen LogP contribution in [0.1, 0.15) is 36.0 Å². The van der Waals surface area contributed by atoms with Crippen LogP contribution in [0.25, 0.3) is 0 Å². The fourth-order valence-corrected chi connectivity index (χ4v) is 2.96. The molecule has 0 atom stereocenters. The Morgan fingerprint density at radius 1 is 1.00 bits per heavy atom. The Bertz CT molecular complexity index is 729. The van der Waals surface area contributed by atoms with Crippen LogP contribution < -0.4 is 4.90 Å². The van der Waals surface area contributed by atoms with E-state index in [1.807, 2.05) is 0 Å². The quantitative estimate of drug-likeness (QED) is 0.620. The molecule has 1 heterocycles. The smallest absolute Gasteiger partial charge is 0.261 e. The third-order valence-corrected chi connectivity index (χ3v) is 4.08. The summed E-state index contributed by atoms with van der Waals surface area (Å²) in [6, 6.07) is 1.25. The van der Waals surface area contributed by atoms with Gasteiger partial charge >= 0.3 is 0 Å². The van der Waals surface area contributed by atoms with E-state index in [4.69, 9.17) is 11.6 Å². The number of nitrogens with zero attached hydrogens (tertiary/aromatic N) is 1. The van der Waals surface area contributed by atoms with Gasteiger partial charge in [-0.25, -0.2) is 13.7 Å². The van der Waals surface area contributed by atoms with Crippen LogP contribution in [0, 0.1) is 11.6 Å². The molecule has 1 aliphatic carbocycles. The van der Waals surface area contributed by atoms with E-state index >= 15 is 0 Å². The molecule has 0 unspecified atom stereocenters. The SMILES string of the molecule is O=C(Cl)c1cc(N2C(=O)C3=C(CCCC3)C2=O)c(F)cc1F. The molecule has 0 saturated carbocycles. The van der Waals surface area contributed by atoms with Crippen LogP contribution in [0.3, 0.4) is 0 Å². The highest BCUT2D eigenvalue weighted by Crippen LogP contribution is 2.37. The topological polar surface area (TPSA) is 54.5 Å². The van der Waals surface area contributed by atoms with E-state index in [0.717, 1.165) is 18.9 Å². The van der Waals surface area contributed by atoms with Crippen molar-refractivity contribution >= 4 is 34.3 Å². The van der Waals surface area contributed by atoms with Crippen LogP contribution in [-0.2, 0) is 9.59 Å². The van der Waals surface area contributed by atoms with E-state index in [-0.39, 0.29) is 0 Å². The highest BCUT2D eigenvalue weighted by Gasteiger charge is 2.41. The van der Waals surface area contributed by atoms with Gasteiger partial charge in [0, 0.05) is 17.2 Å². The number of hydrogen-bond donors (Lipinski definition) is 0. The van der Waals surface area contributed by atoms with Gasteiger partial charge in [-0.2, -0.15) is 0 Å². The summed E-state index contributed by atoms with van der Waals surface area (Å²) >= 11 is 5.23. The van der Waals surface area contributed by atoms with Crippen molar-refractivity contribution in [3.63, 3.8) is 0 Å². The summed E-state index contributed by atoms with van der Waals surface area (Å²) in [4.78, 5) is 36.5. The lowest BCUT2D eigenvalue weighted by Gasteiger charge is -2.16. The van der Waals surface area contributed by atoms with Gasteiger partial charge in [0.25, 0.3) is 17.1 Å². The predicted molar refractivity (Wildman–Crippen MR) is 74.5 cm³/mol. The minimum atomic E-state index is -1.14. The first-order valence-electron chi connectivity index (χ1n) is 6.71. The van der Waals surface area contributed by atoms with Gasteiger partial charge in [0.2, 0.25) is 0 Å². The van der Waals surface area contributed by atoms with E-state index in [2.05, 4.69) is 0 Å². The molecule has 2 amide bonds. The number of amides is 2. The van der Waals surface area contributed by atoms with Gasteiger partial charge in [0.15, 0.2) is 0 Å². The van der Waals surface area contributed by atoms with E-state index < -0.39 is 39.9 Å². The van der Waals surface area contributed by atoms with Gasteiger partial charge in [0.1, 0.15) is 11.6 Å². The second-order valence-corrected chi connectivity index (χ2v) is 5.51. The van der Waals surface area contributed by atoms with Crippen LogP contribution in [0.4, 0.5) is 14.5 Å². The number of imide groups is 1. The lowest BCUT2D eigenvalue weighted by Crippen LogP contribution is -2.32. The summed E-state index contributed by atoms with van der Waals surface area (Å²) in [5.74, 6) is -3.46. The van der Waals surface area contributed by atoms with Crippen molar-refractivity contribution in [2.45, 2.75) is 25.7 Å². The number of carbonyl (C=O) groups is 3. The average Bonchev–Trinajstić information content (AvgIpc) is 2.72. The zero-order chi connectivity index (χ0) is 16.0. The normalized spacial score (nSPS) is 18.0. The second kappa shape index (κ2) is 5.28. The molecule has 0 bridgehead atoms. The standard InChI is InChI=1S/C15H10ClF2NO3/c16-13(20)9-5-12(11(18)6-10(9)17)19-14(21)7-3-1-2-4-8(7)15(19)22/h5-6H,1-4H2. The highest BCUT2D eigenvalue weighted by molar-refractivity contribution is 6.67. The molecule has 1 aromatic rings. The first kappa shape index (κ1) is 14.8. The molecular weight excluding hydrogens is 316 g/mol.